The summed E-state index contributed by atoms with van der Waals surface area (Å²) in [6, 6.07) is 12.1. The van der Waals surface area contributed by atoms with Gasteiger partial charge in [0.1, 0.15) is 5.75 Å². The van der Waals surface area contributed by atoms with Crippen LogP contribution in [0.3, 0.4) is 0 Å². The Kier molecular flexibility index (Phi) is 7.12. The third kappa shape index (κ3) is 5.95. The van der Waals surface area contributed by atoms with Crippen molar-refractivity contribution in [3.05, 3.63) is 58.6 Å². The first kappa shape index (κ1) is 21.1. The van der Waals surface area contributed by atoms with Crippen LogP contribution < -0.4 is 10.1 Å². The van der Waals surface area contributed by atoms with E-state index in [4.69, 9.17) is 21.1 Å². The topological polar surface area (TPSA) is 67.9 Å². The van der Waals surface area contributed by atoms with Crippen molar-refractivity contribution >= 4 is 29.1 Å². The normalized spacial score (nSPS) is 15.8. The number of rotatable bonds is 7. The summed E-state index contributed by atoms with van der Waals surface area (Å²) in [6.07, 6.45) is 2.10. The smallest absolute Gasteiger partial charge is 0.262 e. The summed E-state index contributed by atoms with van der Waals surface area (Å²) in [5.74, 6) is 0.0978. The molecule has 1 atom stereocenters. The fraction of sp³-hybridized carbons (Fsp3) is 0.364. The van der Waals surface area contributed by atoms with E-state index in [0.29, 0.717) is 28.6 Å². The van der Waals surface area contributed by atoms with Gasteiger partial charge >= 0.3 is 0 Å². The van der Waals surface area contributed by atoms with Crippen molar-refractivity contribution in [1.29, 1.82) is 0 Å². The van der Waals surface area contributed by atoms with Crippen molar-refractivity contribution in [1.82, 2.24) is 4.90 Å². The summed E-state index contributed by atoms with van der Waals surface area (Å²) >= 11 is 5.91. The minimum atomic E-state index is -0.314. The average Bonchev–Trinajstić information content (AvgIpc) is 3.20. The number of carbonyl (C=O) groups excluding carboxylic acids is 2. The SMILES string of the molecule is Cc1ccc(C(=O)N(C)CC2CCCO2)cc1NC(=O)COc1cccc(Cl)c1. The first-order valence-electron chi connectivity index (χ1n) is 9.58. The fourth-order valence-corrected chi connectivity index (χ4v) is 3.36. The van der Waals surface area contributed by atoms with Gasteiger partial charge in [-0.05, 0) is 55.7 Å². The molecule has 0 aromatic heterocycles. The fourth-order valence-electron chi connectivity index (χ4n) is 3.18. The maximum absolute atomic E-state index is 12.7. The highest BCUT2D eigenvalue weighted by Crippen LogP contribution is 2.20. The highest BCUT2D eigenvalue weighted by molar-refractivity contribution is 6.30. The summed E-state index contributed by atoms with van der Waals surface area (Å²) < 4.78 is 11.1. The predicted octanol–water partition coefficient (Wildman–Crippen LogP) is 3.92. The molecule has 0 bridgehead atoms. The van der Waals surface area contributed by atoms with Crippen molar-refractivity contribution in [2.24, 2.45) is 0 Å². The molecular formula is C22H25ClN2O4. The Morgan fingerprint density at radius 1 is 1.28 bits per heavy atom. The summed E-state index contributed by atoms with van der Waals surface area (Å²) in [6.45, 7) is 3.03. The van der Waals surface area contributed by atoms with Gasteiger partial charge in [-0.1, -0.05) is 23.7 Å². The number of halogens is 1. The van der Waals surface area contributed by atoms with Crippen molar-refractivity contribution < 1.29 is 19.1 Å². The zero-order valence-electron chi connectivity index (χ0n) is 16.6. The van der Waals surface area contributed by atoms with Crippen molar-refractivity contribution in [2.45, 2.75) is 25.9 Å². The standard InChI is InChI=1S/C22H25ClN2O4/c1-15-8-9-16(22(27)25(2)13-19-7-4-10-28-19)11-20(15)24-21(26)14-29-18-6-3-5-17(23)12-18/h3,5-6,8-9,11-12,19H,4,7,10,13-14H2,1-2H3,(H,24,26). The Morgan fingerprint density at radius 2 is 2.10 bits per heavy atom. The van der Waals surface area contributed by atoms with Crippen LogP contribution in [0.5, 0.6) is 5.75 Å². The number of hydrogen-bond acceptors (Lipinski definition) is 4. The van der Waals surface area contributed by atoms with Crippen LogP contribution in [0.15, 0.2) is 42.5 Å². The minimum Gasteiger partial charge on any atom is -0.484 e. The van der Waals surface area contributed by atoms with Crippen LogP contribution in [0.2, 0.25) is 5.02 Å². The van der Waals surface area contributed by atoms with E-state index in [-0.39, 0.29) is 24.5 Å². The van der Waals surface area contributed by atoms with Gasteiger partial charge in [0, 0.05) is 36.5 Å². The zero-order valence-corrected chi connectivity index (χ0v) is 17.4. The molecule has 7 heteroatoms. The van der Waals surface area contributed by atoms with Crippen molar-refractivity contribution in [2.75, 3.05) is 32.1 Å². The van der Waals surface area contributed by atoms with Crippen LogP contribution in [0, 0.1) is 6.92 Å². The predicted molar refractivity (Wildman–Crippen MR) is 113 cm³/mol. The maximum Gasteiger partial charge on any atom is 0.262 e. The number of nitrogens with zero attached hydrogens (tertiary/aromatic N) is 1. The van der Waals surface area contributed by atoms with Gasteiger partial charge in [0.15, 0.2) is 6.61 Å². The highest BCUT2D eigenvalue weighted by Gasteiger charge is 2.21. The molecule has 1 N–H and O–H groups in total. The lowest BCUT2D eigenvalue weighted by Crippen LogP contribution is -2.34. The molecule has 1 saturated heterocycles. The summed E-state index contributed by atoms with van der Waals surface area (Å²) in [5, 5.41) is 3.35. The second-order valence-electron chi connectivity index (χ2n) is 7.14. The maximum atomic E-state index is 12.7. The third-order valence-corrected chi connectivity index (χ3v) is 5.01. The molecule has 0 aliphatic carbocycles. The summed E-state index contributed by atoms with van der Waals surface area (Å²) in [4.78, 5) is 26.7. The monoisotopic (exact) mass is 416 g/mol. The molecule has 3 rings (SSSR count). The number of likely N-dealkylation sites (N-methyl/N-ethyl adjacent to an activating group) is 1. The quantitative estimate of drug-likeness (QED) is 0.742. The van der Waals surface area contributed by atoms with Gasteiger partial charge < -0.3 is 19.7 Å². The largest absolute Gasteiger partial charge is 0.484 e. The summed E-state index contributed by atoms with van der Waals surface area (Å²) in [7, 11) is 1.76. The molecule has 0 saturated carbocycles. The Morgan fingerprint density at radius 3 is 2.83 bits per heavy atom. The van der Waals surface area contributed by atoms with Gasteiger partial charge in [0.25, 0.3) is 11.8 Å². The van der Waals surface area contributed by atoms with Gasteiger partial charge in [0.2, 0.25) is 0 Å². The second kappa shape index (κ2) is 9.76. The molecule has 2 aromatic rings. The molecule has 2 aromatic carbocycles. The molecule has 1 heterocycles. The minimum absolute atomic E-state index is 0.0946. The molecule has 0 radical (unpaired) electrons. The van der Waals surface area contributed by atoms with Gasteiger partial charge in [0.05, 0.1) is 6.10 Å². The molecule has 0 spiro atoms. The molecule has 2 amide bonds. The van der Waals surface area contributed by atoms with Crippen LogP contribution in [-0.2, 0) is 9.53 Å². The Hall–Kier alpha value is -2.57. The van der Waals surface area contributed by atoms with E-state index in [2.05, 4.69) is 5.32 Å². The zero-order chi connectivity index (χ0) is 20.8. The van der Waals surface area contributed by atoms with Gasteiger partial charge in [-0.15, -0.1) is 0 Å². The first-order valence-corrected chi connectivity index (χ1v) is 9.96. The van der Waals surface area contributed by atoms with E-state index in [0.717, 1.165) is 25.0 Å². The van der Waals surface area contributed by atoms with Crippen LogP contribution in [0.1, 0.15) is 28.8 Å². The number of aryl methyl sites for hydroxylation is 1. The van der Waals surface area contributed by atoms with Crippen LogP contribution in [-0.4, -0.2) is 49.6 Å². The number of carbonyl (C=O) groups is 2. The van der Waals surface area contributed by atoms with E-state index < -0.39 is 0 Å². The molecule has 1 fully saturated rings. The molecule has 6 nitrogen and oxygen atoms in total. The van der Waals surface area contributed by atoms with Crippen molar-refractivity contribution in [3.63, 3.8) is 0 Å². The van der Waals surface area contributed by atoms with Crippen LogP contribution in [0.25, 0.3) is 0 Å². The van der Waals surface area contributed by atoms with Gasteiger partial charge in [-0.2, -0.15) is 0 Å². The number of ether oxygens (including phenoxy) is 2. The van der Waals surface area contributed by atoms with Crippen molar-refractivity contribution in [3.8, 4) is 5.75 Å². The Bertz CT molecular complexity index is 881. The van der Waals surface area contributed by atoms with Crippen LogP contribution in [0.4, 0.5) is 5.69 Å². The number of amides is 2. The Labute approximate surface area is 175 Å². The Balaban J connectivity index is 1.60. The number of benzene rings is 2. The lowest BCUT2D eigenvalue weighted by molar-refractivity contribution is -0.118. The third-order valence-electron chi connectivity index (χ3n) is 4.77. The average molecular weight is 417 g/mol. The molecule has 1 aliphatic rings. The lowest BCUT2D eigenvalue weighted by Gasteiger charge is -2.21. The van der Waals surface area contributed by atoms with E-state index >= 15 is 0 Å². The molecule has 1 unspecified atom stereocenters. The van der Waals surface area contributed by atoms with E-state index in [1.165, 1.54) is 0 Å². The highest BCUT2D eigenvalue weighted by atomic mass is 35.5. The van der Waals surface area contributed by atoms with E-state index in [1.807, 2.05) is 13.0 Å². The van der Waals surface area contributed by atoms with Crippen LogP contribution >= 0.6 is 11.6 Å². The molecular weight excluding hydrogens is 392 g/mol. The van der Waals surface area contributed by atoms with Gasteiger partial charge in [-0.3, -0.25) is 9.59 Å². The van der Waals surface area contributed by atoms with E-state index in [1.54, 1.807) is 48.3 Å². The summed E-state index contributed by atoms with van der Waals surface area (Å²) in [5.41, 5.74) is 1.96. The molecule has 1 aliphatic heterocycles. The molecule has 29 heavy (non-hydrogen) atoms. The number of hydrogen-bond donors (Lipinski definition) is 1. The number of nitrogens with one attached hydrogen (secondary N) is 1. The second-order valence-corrected chi connectivity index (χ2v) is 7.58. The lowest BCUT2D eigenvalue weighted by atomic mass is 10.1. The molecule has 154 valence electrons. The van der Waals surface area contributed by atoms with E-state index in [9.17, 15) is 9.59 Å². The van der Waals surface area contributed by atoms with Gasteiger partial charge in [-0.25, -0.2) is 0 Å². The number of anilines is 1. The first-order chi connectivity index (χ1) is 13.9.